The van der Waals surface area contributed by atoms with Crippen LogP contribution in [0.2, 0.25) is 0 Å². The molecule has 2 nitrogen and oxygen atoms in total. The van der Waals surface area contributed by atoms with Crippen molar-refractivity contribution in [2.75, 3.05) is 12.4 Å². The van der Waals surface area contributed by atoms with Gasteiger partial charge in [0, 0.05) is 16.6 Å². The molecule has 0 atom stereocenters. The summed E-state index contributed by atoms with van der Waals surface area (Å²) in [7, 11) is 1.59. The normalized spacial score (nSPS) is 20.7. The summed E-state index contributed by atoms with van der Waals surface area (Å²) in [5.41, 5.74) is 1.86. The molecule has 110 valence electrons. The quantitative estimate of drug-likeness (QED) is 0.842. The number of nitrogens with one attached hydrogen (secondary N) is 1. The molecule has 0 radical (unpaired) electrons. The fourth-order valence-corrected chi connectivity index (χ4v) is 3.15. The lowest BCUT2D eigenvalue weighted by Gasteiger charge is -2.37. The summed E-state index contributed by atoms with van der Waals surface area (Å²) < 4.78 is 20.0. The van der Waals surface area contributed by atoms with Crippen LogP contribution in [-0.4, -0.2) is 13.2 Å². The molecule has 1 saturated carbocycles. The lowest BCUT2D eigenvalue weighted by atomic mass is 9.76. The number of benzene rings is 2. The monoisotopic (exact) mass is 349 g/mol. The van der Waals surface area contributed by atoms with Crippen LogP contribution in [0.25, 0.3) is 0 Å². The van der Waals surface area contributed by atoms with E-state index in [2.05, 4.69) is 39.4 Å². The van der Waals surface area contributed by atoms with E-state index in [1.54, 1.807) is 19.2 Å². The first-order valence-corrected chi connectivity index (χ1v) is 7.80. The molecule has 0 bridgehead atoms. The molecule has 0 aliphatic heterocycles. The van der Waals surface area contributed by atoms with Gasteiger partial charge in [-0.25, -0.2) is 4.39 Å². The van der Waals surface area contributed by atoms with Gasteiger partial charge in [-0.2, -0.15) is 0 Å². The van der Waals surface area contributed by atoms with Crippen molar-refractivity contribution in [3.8, 4) is 5.75 Å². The Bertz CT molecular complexity index is 640. The molecule has 3 rings (SSSR count). The van der Waals surface area contributed by atoms with Gasteiger partial charge in [-0.15, -0.1) is 0 Å². The summed E-state index contributed by atoms with van der Waals surface area (Å²) in [5.74, 6) is 0.983. The van der Waals surface area contributed by atoms with E-state index < -0.39 is 0 Å². The standard InChI is InChI=1S/C17H17BrFNO/c1-21-15-5-6-16(19)17(10-15)20-14-8-12(9-14)11-3-2-4-13(18)7-11/h2-7,10,12,14,20H,8-9H2,1H3. The Morgan fingerprint density at radius 2 is 2.00 bits per heavy atom. The Labute approximate surface area is 132 Å². The Morgan fingerprint density at radius 3 is 2.71 bits per heavy atom. The molecular weight excluding hydrogens is 333 g/mol. The number of methoxy groups -OCH3 is 1. The predicted molar refractivity (Wildman–Crippen MR) is 86.5 cm³/mol. The predicted octanol–water partition coefficient (Wildman–Crippen LogP) is 4.95. The van der Waals surface area contributed by atoms with Gasteiger partial charge in [0.1, 0.15) is 11.6 Å². The van der Waals surface area contributed by atoms with Crippen molar-refractivity contribution in [3.63, 3.8) is 0 Å². The Hall–Kier alpha value is -1.55. The second-order valence-electron chi connectivity index (χ2n) is 5.41. The molecule has 1 aliphatic rings. The third kappa shape index (κ3) is 3.21. The van der Waals surface area contributed by atoms with Crippen LogP contribution in [0, 0.1) is 5.82 Å². The maximum Gasteiger partial charge on any atom is 0.146 e. The van der Waals surface area contributed by atoms with Gasteiger partial charge in [0.05, 0.1) is 12.8 Å². The van der Waals surface area contributed by atoms with Gasteiger partial charge >= 0.3 is 0 Å². The molecule has 2 aromatic carbocycles. The summed E-state index contributed by atoms with van der Waals surface area (Å²) in [4.78, 5) is 0. The van der Waals surface area contributed by atoms with Gasteiger partial charge < -0.3 is 10.1 Å². The van der Waals surface area contributed by atoms with Crippen LogP contribution in [-0.2, 0) is 0 Å². The van der Waals surface area contributed by atoms with Crippen molar-refractivity contribution >= 4 is 21.6 Å². The molecule has 0 unspecified atom stereocenters. The number of ether oxygens (including phenoxy) is 1. The van der Waals surface area contributed by atoms with Gasteiger partial charge in [-0.1, -0.05) is 28.1 Å². The SMILES string of the molecule is COc1ccc(F)c(NC2CC(c3cccc(Br)c3)C2)c1. The molecule has 2 aromatic rings. The van der Waals surface area contributed by atoms with Crippen molar-refractivity contribution in [1.82, 2.24) is 0 Å². The minimum atomic E-state index is -0.235. The molecule has 1 aliphatic carbocycles. The van der Waals surface area contributed by atoms with E-state index in [1.165, 1.54) is 11.6 Å². The summed E-state index contributed by atoms with van der Waals surface area (Å²) in [6, 6.07) is 13.5. The van der Waals surface area contributed by atoms with Crippen LogP contribution in [0.3, 0.4) is 0 Å². The van der Waals surface area contributed by atoms with Crippen LogP contribution in [0.4, 0.5) is 10.1 Å². The van der Waals surface area contributed by atoms with Gasteiger partial charge in [0.25, 0.3) is 0 Å². The zero-order valence-electron chi connectivity index (χ0n) is 11.8. The number of halogens is 2. The summed E-state index contributed by atoms with van der Waals surface area (Å²) >= 11 is 3.50. The highest BCUT2D eigenvalue weighted by atomic mass is 79.9. The molecule has 0 amide bonds. The van der Waals surface area contributed by atoms with E-state index in [0.29, 0.717) is 23.4 Å². The fourth-order valence-electron chi connectivity index (χ4n) is 2.73. The van der Waals surface area contributed by atoms with Crippen LogP contribution in [0.5, 0.6) is 5.75 Å². The lowest BCUT2D eigenvalue weighted by molar-refractivity contribution is 0.372. The van der Waals surface area contributed by atoms with E-state index in [-0.39, 0.29) is 5.82 Å². The topological polar surface area (TPSA) is 21.3 Å². The molecular formula is C17H17BrFNO. The molecule has 0 heterocycles. The fraction of sp³-hybridized carbons (Fsp3) is 0.294. The molecule has 1 N–H and O–H groups in total. The molecule has 0 aromatic heterocycles. The van der Waals surface area contributed by atoms with Gasteiger partial charge in [0.15, 0.2) is 0 Å². The zero-order chi connectivity index (χ0) is 14.8. The largest absolute Gasteiger partial charge is 0.497 e. The third-order valence-corrected chi connectivity index (χ3v) is 4.48. The first kappa shape index (κ1) is 14.4. The number of hydrogen-bond donors (Lipinski definition) is 1. The second kappa shape index (κ2) is 6.06. The lowest BCUT2D eigenvalue weighted by Crippen LogP contribution is -2.34. The Kier molecular flexibility index (Phi) is 4.15. The summed E-state index contributed by atoms with van der Waals surface area (Å²) in [6.07, 6.45) is 2.04. The minimum Gasteiger partial charge on any atom is -0.497 e. The van der Waals surface area contributed by atoms with E-state index in [0.717, 1.165) is 17.3 Å². The average molecular weight is 350 g/mol. The van der Waals surface area contributed by atoms with E-state index >= 15 is 0 Å². The van der Waals surface area contributed by atoms with Gasteiger partial charge in [-0.05, 0) is 48.6 Å². The molecule has 0 saturated heterocycles. The van der Waals surface area contributed by atoms with Crippen molar-refractivity contribution in [2.45, 2.75) is 24.8 Å². The van der Waals surface area contributed by atoms with Crippen LogP contribution in [0.15, 0.2) is 46.9 Å². The first-order valence-electron chi connectivity index (χ1n) is 7.01. The molecule has 1 fully saturated rings. The number of rotatable bonds is 4. The first-order chi connectivity index (χ1) is 10.2. The summed E-state index contributed by atoms with van der Waals surface area (Å²) in [5, 5.41) is 3.27. The maximum absolute atomic E-state index is 13.8. The van der Waals surface area contributed by atoms with Crippen LogP contribution < -0.4 is 10.1 Å². The van der Waals surface area contributed by atoms with Gasteiger partial charge in [-0.3, -0.25) is 0 Å². The van der Waals surface area contributed by atoms with Crippen molar-refractivity contribution in [3.05, 3.63) is 58.3 Å². The van der Waals surface area contributed by atoms with Crippen molar-refractivity contribution in [1.29, 1.82) is 0 Å². The van der Waals surface area contributed by atoms with E-state index in [4.69, 9.17) is 4.74 Å². The maximum atomic E-state index is 13.8. The number of anilines is 1. The third-order valence-electron chi connectivity index (χ3n) is 3.99. The molecule has 0 spiro atoms. The smallest absolute Gasteiger partial charge is 0.146 e. The number of hydrogen-bond acceptors (Lipinski definition) is 2. The molecule has 21 heavy (non-hydrogen) atoms. The Morgan fingerprint density at radius 1 is 1.19 bits per heavy atom. The highest BCUT2D eigenvalue weighted by Crippen LogP contribution is 2.39. The van der Waals surface area contributed by atoms with Crippen molar-refractivity contribution < 1.29 is 9.13 Å². The van der Waals surface area contributed by atoms with Gasteiger partial charge in [0.2, 0.25) is 0 Å². The molecule has 4 heteroatoms. The highest BCUT2D eigenvalue weighted by Gasteiger charge is 2.30. The van der Waals surface area contributed by atoms with E-state index in [1.807, 2.05) is 6.07 Å². The second-order valence-corrected chi connectivity index (χ2v) is 6.33. The highest BCUT2D eigenvalue weighted by molar-refractivity contribution is 9.10. The minimum absolute atomic E-state index is 0.235. The Balaban J connectivity index is 1.62. The average Bonchev–Trinajstić information content (AvgIpc) is 2.44. The van der Waals surface area contributed by atoms with Crippen LogP contribution >= 0.6 is 15.9 Å². The van der Waals surface area contributed by atoms with Crippen molar-refractivity contribution in [2.24, 2.45) is 0 Å². The zero-order valence-corrected chi connectivity index (χ0v) is 13.4. The van der Waals surface area contributed by atoms with E-state index in [9.17, 15) is 4.39 Å². The summed E-state index contributed by atoms with van der Waals surface area (Å²) in [6.45, 7) is 0. The van der Waals surface area contributed by atoms with Crippen LogP contribution in [0.1, 0.15) is 24.3 Å².